The van der Waals surface area contributed by atoms with Crippen molar-refractivity contribution in [3.8, 4) is 0 Å². The molecule has 0 radical (unpaired) electrons. The molecule has 1 unspecified atom stereocenters. The van der Waals surface area contributed by atoms with Crippen LogP contribution < -0.4 is 10.6 Å². The van der Waals surface area contributed by atoms with Gasteiger partial charge < -0.3 is 10.6 Å². The molecule has 4 nitrogen and oxygen atoms in total. The van der Waals surface area contributed by atoms with E-state index < -0.39 is 40.1 Å². The summed E-state index contributed by atoms with van der Waals surface area (Å²) >= 11 is 1.06. The molecule has 2 N–H and O–H groups in total. The zero-order valence-electron chi connectivity index (χ0n) is 17.0. The largest absolute Gasteiger partial charge is 0.322 e. The number of nitrogens with one attached hydrogen (secondary N) is 2. The number of amides is 2. The highest BCUT2D eigenvalue weighted by Gasteiger charge is 2.23. The van der Waals surface area contributed by atoms with E-state index in [1.807, 2.05) is 24.4 Å². The van der Waals surface area contributed by atoms with Crippen LogP contribution in [0.15, 0.2) is 59.5 Å². The first-order chi connectivity index (χ1) is 15.2. The SMILES string of the molecule is Cc1ccccc1C(=O)Nc1ccc(SC(C)C(=O)Nc2c(F)c(F)cc(F)c2F)cc1. The van der Waals surface area contributed by atoms with Crippen LogP contribution in [0.4, 0.5) is 28.9 Å². The van der Waals surface area contributed by atoms with Gasteiger partial charge in [0.15, 0.2) is 23.3 Å². The third-order valence-electron chi connectivity index (χ3n) is 4.54. The number of hydrogen-bond acceptors (Lipinski definition) is 3. The summed E-state index contributed by atoms with van der Waals surface area (Å²) in [5.74, 6) is -7.67. The molecule has 0 bridgehead atoms. The van der Waals surface area contributed by atoms with Gasteiger partial charge in [-0.05, 0) is 49.7 Å². The molecule has 166 valence electrons. The molecule has 3 aromatic carbocycles. The second-order valence-electron chi connectivity index (χ2n) is 6.89. The number of carbonyl (C=O) groups is 2. The van der Waals surface area contributed by atoms with Crippen LogP contribution in [0.3, 0.4) is 0 Å². The molecular formula is C23H18F4N2O2S. The molecule has 0 aromatic heterocycles. The van der Waals surface area contributed by atoms with Crippen LogP contribution in [0, 0.1) is 30.2 Å². The third-order valence-corrected chi connectivity index (χ3v) is 5.66. The van der Waals surface area contributed by atoms with Gasteiger partial charge in [0.2, 0.25) is 5.91 Å². The first kappa shape index (κ1) is 23.3. The van der Waals surface area contributed by atoms with Crippen LogP contribution in [0.2, 0.25) is 0 Å². The quantitative estimate of drug-likeness (QED) is 0.272. The normalized spacial score (nSPS) is 11.7. The number of aryl methyl sites for hydroxylation is 1. The van der Waals surface area contributed by atoms with Crippen molar-refractivity contribution in [3.63, 3.8) is 0 Å². The van der Waals surface area contributed by atoms with Gasteiger partial charge in [0.05, 0.1) is 5.25 Å². The number of rotatable bonds is 6. The summed E-state index contributed by atoms with van der Waals surface area (Å²) in [5.41, 5.74) is 0.751. The van der Waals surface area contributed by atoms with Gasteiger partial charge in [0.1, 0.15) is 5.69 Å². The lowest BCUT2D eigenvalue weighted by molar-refractivity contribution is -0.115. The summed E-state index contributed by atoms with van der Waals surface area (Å²) in [6.45, 7) is 3.30. The van der Waals surface area contributed by atoms with E-state index in [0.717, 1.165) is 17.3 Å². The Morgan fingerprint density at radius 3 is 2.06 bits per heavy atom. The van der Waals surface area contributed by atoms with Gasteiger partial charge in [0, 0.05) is 22.2 Å². The van der Waals surface area contributed by atoms with Gasteiger partial charge in [-0.15, -0.1) is 11.8 Å². The zero-order chi connectivity index (χ0) is 23.4. The molecule has 0 aliphatic rings. The Bertz CT molecular complexity index is 1140. The summed E-state index contributed by atoms with van der Waals surface area (Å²) < 4.78 is 54.1. The zero-order valence-corrected chi connectivity index (χ0v) is 17.8. The van der Waals surface area contributed by atoms with Crippen LogP contribution in [-0.2, 0) is 4.79 Å². The van der Waals surface area contributed by atoms with E-state index in [1.165, 1.54) is 6.92 Å². The average molecular weight is 462 g/mol. The van der Waals surface area contributed by atoms with E-state index in [4.69, 9.17) is 0 Å². The molecule has 0 aliphatic heterocycles. The molecule has 9 heteroatoms. The molecule has 0 fully saturated rings. The second kappa shape index (κ2) is 9.86. The number of anilines is 2. The Morgan fingerprint density at radius 2 is 1.47 bits per heavy atom. The number of carbonyl (C=O) groups excluding carboxylic acids is 2. The standard InChI is InChI=1S/C23H18F4N2O2S/c1-12-5-3-4-6-16(12)23(31)28-14-7-9-15(10-8-14)32-13(2)22(30)29-21-19(26)17(24)11-18(25)20(21)27/h3-11,13H,1-2H3,(H,28,31)(H,29,30). The van der Waals surface area contributed by atoms with E-state index in [-0.39, 0.29) is 12.0 Å². The van der Waals surface area contributed by atoms with Crippen LogP contribution in [0.5, 0.6) is 0 Å². The summed E-state index contributed by atoms with van der Waals surface area (Å²) in [7, 11) is 0. The van der Waals surface area contributed by atoms with E-state index in [0.29, 0.717) is 16.1 Å². The maximum atomic E-state index is 13.8. The number of benzene rings is 3. The fourth-order valence-corrected chi connectivity index (χ4v) is 3.68. The molecule has 0 saturated carbocycles. The summed E-state index contributed by atoms with van der Waals surface area (Å²) in [5, 5.41) is 3.83. The fraction of sp³-hybridized carbons (Fsp3) is 0.130. The lowest BCUT2D eigenvalue weighted by Crippen LogP contribution is -2.24. The fourth-order valence-electron chi connectivity index (χ4n) is 2.81. The summed E-state index contributed by atoms with van der Waals surface area (Å²) in [6.07, 6.45) is 0. The van der Waals surface area contributed by atoms with Gasteiger partial charge in [0.25, 0.3) is 5.91 Å². The van der Waals surface area contributed by atoms with E-state index in [9.17, 15) is 27.2 Å². The van der Waals surface area contributed by atoms with Gasteiger partial charge in [-0.2, -0.15) is 0 Å². The average Bonchev–Trinajstić information content (AvgIpc) is 2.76. The monoisotopic (exact) mass is 462 g/mol. The topological polar surface area (TPSA) is 58.2 Å². The van der Waals surface area contributed by atoms with Crippen molar-refractivity contribution in [1.29, 1.82) is 0 Å². The van der Waals surface area contributed by atoms with Gasteiger partial charge >= 0.3 is 0 Å². The Morgan fingerprint density at radius 1 is 0.875 bits per heavy atom. The molecule has 3 rings (SSSR count). The van der Waals surface area contributed by atoms with Crippen molar-refractivity contribution in [2.75, 3.05) is 10.6 Å². The number of hydrogen-bond donors (Lipinski definition) is 2. The minimum absolute atomic E-state index is 0.0674. The number of halogens is 4. The van der Waals surface area contributed by atoms with Crippen molar-refractivity contribution >= 4 is 35.0 Å². The molecular weight excluding hydrogens is 444 g/mol. The molecule has 0 spiro atoms. The highest BCUT2D eigenvalue weighted by atomic mass is 32.2. The van der Waals surface area contributed by atoms with Crippen molar-refractivity contribution < 1.29 is 27.2 Å². The molecule has 0 saturated heterocycles. The van der Waals surface area contributed by atoms with Gasteiger partial charge in [-0.3, -0.25) is 9.59 Å². The van der Waals surface area contributed by atoms with Crippen LogP contribution >= 0.6 is 11.8 Å². The van der Waals surface area contributed by atoms with Crippen LogP contribution in [0.1, 0.15) is 22.8 Å². The molecule has 3 aromatic rings. The Hall–Kier alpha value is -3.33. The van der Waals surface area contributed by atoms with Gasteiger partial charge in [-0.1, -0.05) is 18.2 Å². The van der Waals surface area contributed by atoms with Crippen molar-refractivity contribution in [2.45, 2.75) is 24.0 Å². The predicted octanol–water partition coefficient (Wildman–Crippen LogP) is 5.92. The van der Waals surface area contributed by atoms with E-state index in [1.54, 1.807) is 36.4 Å². The minimum Gasteiger partial charge on any atom is -0.322 e. The Balaban J connectivity index is 1.64. The maximum Gasteiger partial charge on any atom is 0.255 e. The van der Waals surface area contributed by atoms with Crippen molar-refractivity contribution in [1.82, 2.24) is 0 Å². The highest BCUT2D eigenvalue weighted by Crippen LogP contribution is 2.28. The molecule has 0 heterocycles. The molecule has 32 heavy (non-hydrogen) atoms. The first-order valence-electron chi connectivity index (χ1n) is 9.45. The molecule has 2 amide bonds. The molecule has 1 atom stereocenters. The number of thioether (sulfide) groups is 1. The van der Waals surface area contributed by atoms with E-state index >= 15 is 0 Å². The minimum atomic E-state index is -1.68. The van der Waals surface area contributed by atoms with Crippen LogP contribution in [0.25, 0.3) is 0 Å². The third kappa shape index (κ3) is 5.28. The Kier molecular flexibility index (Phi) is 7.19. The Labute approximate surface area is 186 Å². The first-order valence-corrected chi connectivity index (χ1v) is 10.3. The lowest BCUT2D eigenvalue weighted by Gasteiger charge is -2.14. The summed E-state index contributed by atoms with van der Waals surface area (Å²) in [4.78, 5) is 25.3. The summed E-state index contributed by atoms with van der Waals surface area (Å²) in [6, 6.07) is 13.8. The second-order valence-corrected chi connectivity index (χ2v) is 8.30. The highest BCUT2D eigenvalue weighted by molar-refractivity contribution is 8.00. The van der Waals surface area contributed by atoms with Crippen molar-refractivity contribution in [3.05, 3.63) is 89.0 Å². The molecule has 0 aliphatic carbocycles. The van der Waals surface area contributed by atoms with E-state index in [2.05, 4.69) is 5.32 Å². The van der Waals surface area contributed by atoms with Crippen LogP contribution in [-0.4, -0.2) is 17.1 Å². The lowest BCUT2D eigenvalue weighted by atomic mass is 10.1. The smallest absolute Gasteiger partial charge is 0.255 e. The van der Waals surface area contributed by atoms with Gasteiger partial charge in [-0.25, -0.2) is 17.6 Å². The maximum absolute atomic E-state index is 13.8. The predicted molar refractivity (Wildman–Crippen MR) is 116 cm³/mol. The van der Waals surface area contributed by atoms with Crippen molar-refractivity contribution in [2.24, 2.45) is 0 Å².